The number of aryl methyl sites for hydroxylation is 3. The molecule has 1 amide bonds. The quantitative estimate of drug-likeness (QED) is 0.512. The second-order valence-corrected chi connectivity index (χ2v) is 9.15. The van der Waals surface area contributed by atoms with Gasteiger partial charge in [-0.05, 0) is 79.9 Å². The molecule has 0 heterocycles. The van der Waals surface area contributed by atoms with E-state index in [1.807, 2.05) is 19.9 Å². The van der Waals surface area contributed by atoms with E-state index < -0.39 is 27.7 Å². The van der Waals surface area contributed by atoms with Gasteiger partial charge < -0.3 is 5.32 Å². The first kappa shape index (κ1) is 23.3. The van der Waals surface area contributed by atoms with Crippen molar-refractivity contribution in [3.63, 3.8) is 0 Å². The highest BCUT2D eigenvalue weighted by atomic mass is 32.2. The van der Waals surface area contributed by atoms with Crippen LogP contribution in [0.25, 0.3) is 0 Å². The van der Waals surface area contributed by atoms with Crippen LogP contribution in [-0.2, 0) is 16.2 Å². The molecule has 0 saturated carbocycles. The van der Waals surface area contributed by atoms with Crippen molar-refractivity contribution in [2.24, 2.45) is 0 Å². The fraction of sp³-hybridized carbons (Fsp3) is 0.174. The Balaban J connectivity index is 1.88. The second-order valence-electron chi connectivity index (χ2n) is 7.49. The molecule has 0 aliphatic heterocycles. The lowest BCUT2D eigenvalue weighted by atomic mass is 10.1. The van der Waals surface area contributed by atoms with Crippen LogP contribution in [0.2, 0.25) is 0 Å². The predicted molar refractivity (Wildman–Crippen MR) is 117 cm³/mol. The molecule has 0 radical (unpaired) electrons. The maximum Gasteiger partial charge on any atom is 0.416 e. The Morgan fingerprint density at radius 3 is 2.12 bits per heavy atom. The summed E-state index contributed by atoms with van der Waals surface area (Å²) in [6.45, 7) is 5.27. The van der Waals surface area contributed by atoms with Crippen LogP contribution in [0.4, 0.5) is 24.5 Å². The summed E-state index contributed by atoms with van der Waals surface area (Å²) in [6, 6.07) is 13.6. The monoisotopic (exact) mass is 462 g/mol. The molecule has 9 heteroatoms. The number of hydrogen-bond donors (Lipinski definition) is 2. The Hall–Kier alpha value is -3.33. The maximum absolute atomic E-state index is 13.0. The predicted octanol–water partition coefficient (Wildman–Crippen LogP) is 5.68. The van der Waals surface area contributed by atoms with Gasteiger partial charge in [0.05, 0.1) is 10.5 Å². The van der Waals surface area contributed by atoms with Crippen LogP contribution in [0.3, 0.4) is 0 Å². The average Bonchev–Trinajstić information content (AvgIpc) is 2.66. The van der Waals surface area contributed by atoms with Crippen molar-refractivity contribution in [3.05, 3.63) is 88.5 Å². The molecule has 0 fully saturated rings. The summed E-state index contributed by atoms with van der Waals surface area (Å²) in [5, 5.41) is 2.38. The highest BCUT2D eigenvalue weighted by Gasteiger charge is 2.30. The molecule has 5 nitrogen and oxygen atoms in total. The van der Waals surface area contributed by atoms with E-state index >= 15 is 0 Å². The number of carbonyl (C=O) groups excluding carboxylic acids is 1. The lowest BCUT2D eigenvalue weighted by Crippen LogP contribution is -2.17. The lowest BCUT2D eigenvalue weighted by Gasteiger charge is -2.14. The summed E-state index contributed by atoms with van der Waals surface area (Å²) in [5.41, 5.74) is 1.61. The number of amides is 1. The molecule has 0 saturated heterocycles. The fourth-order valence-corrected chi connectivity index (χ4v) is 4.56. The summed E-state index contributed by atoms with van der Waals surface area (Å²) >= 11 is 0. The molecule has 0 aromatic heterocycles. The molecule has 2 N–H and O–H groups in total. The number of nitrogens with one attached hydrogen (secondary N) is 2. The zero-order chi connectivity index (χ0) is 23.7. The van der Waals surface area contributed by atoms with Crippen molar-refractivity contribution >= 4 is 27.3 Å². The molecule has 0 bridgehead atoms. The summed E-state index contributed by atoms with van der Waals surface area (Å²) in [4.78, 5) is 12.5. The van der Waals surface area contributed by atoms with Gasteiger partial charge in [0.2, 0.25) is 0 Å². The lowest BCUT2D eigenvalue weighted by molar-refractivity contribution is -0.137. The SMILES string of the molecule is Cc1cc(C)cc(NS(=O)(=O)c2cc(C(=O)Nc3cccc(C(F)(F)F)c3)ccc2C)c1. The standard InChI is InChI=1S/C23H21F3N2O3S/c1-14-9-15(2)11-20(10-14)28-32(30,31)21-12-17(8-7-16(21)3)22(29)27-19-6-4-5-18(13-19)23(24,25)26/h4-13,28H,1-3H3,(H,27,29). The molecule has 0 aliphatic rings. The smallest absolute Gasteiger partial charge is 0.322 e. The van der Waals surface area contributed by atoms with Gasteiger partial charge in [-0.15, -0.1) is 0 Å². The van der Waals surface area contributed by atoms with Crippen LogP contribution < -0.4 is 10.0 Å². The Bertz CT molecular complexity index is 1270. The van der Waals surface area contributed by atoms with E-state index in [-0.39, 0.29) is 16.1 Å². The van der Waals surface area contributed by atoms with E-state index in [1.54, 1.807) is 19.1 Å². The van der Waals surface area contributed by atoms with Crippen molar-refractivity contribution < 1.29 is 26.4 Å². The van der Waals surface area contributed by atoms with Crippen molar-refractivity contribution in [2.45, 2.75) is 31.8 Å². The number of hydrogen-bond acceptors (Lipinski definition) is 3. The van der Waals surface area contributed by atoms with Gasteiger partial charge in [0.25, 0.3) is 15.9 Å². The van der Waals surface area contributed by atoms with Gasteiger partial charge in [-0.3, -0.25) is 9.52 Å². The average molecular weight is 462 g/mol. The third-order valence-corrected chi connectivity index (χ3v) is 6.18. The Morgan fingerprint density at radius 1 is 0.844 bits per heavy atom. The molecule has 3 aromatic carbocycles. The minimum absolute atomic E-state index is 0.00573. The number of carbonyl (C=O) groups is 1. The molecule has 0 atom stereocenters. The van der Waals surface area contributed by atoms with E-state index in [0.717, 1.165) is 23.3 Å². The Morgan fingerprint density at radius 2 is 1.50 bits per heavy atom. The fourth-order valence-electron chi connectivity index (χ4n) is 3.25. The minimum Gasteiger partial charge on any atom is -0.322 e. The number of anilines is 2. The first-order chi connectivity index (χ1) is 14.8. The van der Waals surface area contributed by atoms with Gasteiger partial charge in [0.15, 0.2) is 0 Å². The molecule has 0 spiro atoms. The van der Waals surface area contributed by atoms with Crippen molar-refractivity contribution in [2.75, 3.05) is 10.0 Å². The normalized spacial score (nSPS) is 11.8. The van der Waals surface area contributed by atoms with Gasteiger partial charge in [-0.2, -0.15) is 13.2 Å². The summed E-state index contributed by atoms with van der Waals surface area (Å²) in [7, 11) is -4.01. The number of halogens is 3. The van der Waals surface area contributed by atoms with Crippen LogP contribution in [0.15, 0.2) is 65.6 Å². The van der Waals surface area contributed by atoms with Crippen molar-refractivity contribution in [1.29, 1.82) is 0 Å². The highest BCUT2D eigenvalue weighted by molar-refractivity contribution is 7.92. The second kappa shape index (κ2) is 8.66. The third kappa shape index (κ3) is 5.47. The van der Waals surface area contributed by atoms with E-state index in [1.165, 1.54) is 30.3 Å². The molecule has 32 heavy (non-hydrogen) atoms. The largest absolute Gasteiger partial charge is 0.416 e. The van der Waals surface area contributed by atoms with E-state index in [2.05, 4.69) is 10.0 Å². The summed E-state index contributed by atoms with van der Waals surface area (Å²) < 4.78 is 67.1. The maximum atomic E-state index is 13.0. The summed E-state index contributed by atoms with van der Waals surface area (Å²) in [6.07, 6.45) is -4.55. The number of rotatable bonds is 5. The third-order valence-electron chi connectivity index (χ3n) is 4.66. The number of sulfonamides is 1. The van der Waals surface area contributed by atoms with E-state index in [9.17, 15) is 26.4 Å². The molecule has 3 aromatic rings. The highest BCUT2D eigenvalue weighted by Crippen LogP contribution is 2.31. The number of alkyl halides is 3. The van der Waals surface area contributed by atoms with E-state index in [4.69, 9.17) is 0 Å². The van der Waals surface area contributed by atoms with Crippen LogP contribution in [-0.4, -0.2) is 14.3 Å². The Labute approximate surface area is 184 Å². The van der Waals surface area contributed by atoms with Crippen LogP contribution in [0.5, 0.6) is 0 Å². The van der Waals surface area contributed by atoms with E-state index in [0.29, 0.717) is 11.3 Å². The topological polar surface area (TPSA) is 75.3 Å². The molecule has 3 rings (SSSR count). The van der Waals surface area contributed by atoms with Crippen molar-refractivity contribution in [1.82, 2.24) is 0 Å². The molecule has 168 valence electrons. The van der Waals surface area contributed by atoms with Crippen molar-refractivity contribution in [3.8, 4) is 0 Å². The molecule has 0 unspecified atom stereocenters. The van der Waals surface area contributed by atoms with Gasteiger partial charge in [-0.1, -0.05) is 18.2 Å². The van der Waals surface area contributed by atoms with Gasteiger partial charge in [0, 0.05) is 16.9 Å². The Kier molecular flexibility index (Phi) is 6.32. The molecular weight excluding hydrogens is 441 g/mol. The number of benzene rings is 3. The first-order valence-corrected chi connectivity index (χ1v) is 11.0. The molecular formula is C23H21F3N2O3S. The van der Waals surface area contributed by atoms with Gasteiger partial charge in [-0.25, -0.2) is 8.42 Å². The zero-order valence-electron chi connectivity index (χ0n) is 17.5. The van der Waals surface area contributed by atoms with Gasteiger partial charge >= 0.3 is 6.18 Å². The minimum atomic E-state index is -4.55. The first-order valence-electron chi connectivity index (χ1n) is 9.55. The van der Waals surface area contributed by atoms with Crippen LogP contribution in [0, 0.1) is 20.8 Å². The summed E-state index contributed by atoms with van der Waals surface area (Å²) in [5.74, 6) is -0.729. The van der Waals surface area contributed by atoms with Gasteiger partial charge in [0.1, 0.15) is 0 Å². The van der Waals surface area contributed by atoms with Crippen LogP contribution in [0.1, 0.15) is 32.6 Å². The molecule has 0 aliphatic carbocycles. The van der Waals surface area contributed by atoms with Crippen LogP contribution >= 0.6 is 0 Å². The zero-order valence-corrected chi connectivity index (χ0v) is 18.4.